The van der Waals surface area contributed by atoms with Gasteiger partial charge in [0.1, 0.15) is 23.9 Å². The summed E-state index contributed by atoms with van der Waals surface area (Å²) in [5, 5.41) is 29.3. The second-order valence-electron chi connectivity index (χ2n) is 8.38. The number of thioether (sulfide) groups is 1. The van der Waals surface area contributed by atoms with E-state index in [1.54, 1.807) is 19.9 Å². The molecule has 0 aliphatic rings. The number of hydrogen-bond acceptors (Lipinski definition) is 7. The topological polar surface area (TPSA) is 145 Å². The highest BCUT2D eigenvalue weighted by Crippen LogP contribution is 2.22. The van der Waals surface area contributed by atoms with Crippen molar-refractivity contribution in [3.05, 3.63) is 50.6 Å². The van der Waals surface area contributed by atoms with Crippen molar-refractivity contribution in [2.45, 2.75) is 44.8 Å². The van der Waals surface area contributed by atoms with Gasteiger partial charge in [-0.2, -0.15) is 11.8 Å². The van der Waals surface area contributed by atoms with Crippen LogP contribution >= 0.6 is 39.0 Å². The molecule has 196 valence electrons. The van der Waals surface area contributed by atoms with E-state index in [-0.39, 0.29) is 30.1 Å². The number of phenols is 1. The van der Waals surface area contributed by atoms with Crippen LogP contribution in [0.4, 0.5) is 0 Å². The van der Waals surface area contributed by atoms with Crippen molar-refractivity contribution < 1.29 is 29.4 Å². The van der Waals surface area contributed by atoms with Crippen molar-refractivity contribution in [2.75, 3.05) is 12.0 Å². The number of amides is 3. The van der Waals surface area contributed by atoms with Crippen molar-refractivity contribution >= 4 is 62.7 Å². The van der Waals surface area contributed by atoms with Gasteiger partial charge in [0.05, 0.1) is 5.56 Å². The number of hydrogen-bond donors (Lipinski definition) is 5. The minimum atomic E-state index is -1.15. The van der Waals surface area contributed by atoms with Crippen molar-refractivity contribution in [2.24, 2.45) is 5.92 Å². The summed E-state index contributed by atoms with van der Waals surface area (Å²) in [6.45, 7) is 3.48. The highest BCUT2D eigenvalue weighted by atomic mass is 79.9. The first-order valence-electron chi connectivity index (χ1n) is 11.2. The molecule has 0 fully saturated rings. The molecule has 0 aliphatic carbocycles. The molecular formula is C24H30BrN3O6S2. The Morgan fingerprint density at radius 1 is 1.06 bits per heavy atom. The van der Waals surface area contributed by atoms with Gasteiger partial charge in [-0.25, -0.2) is 4.79 Å². The third-order valence-corrected chi connectivity index (χ3v) is 7.32. The lowest BCUT2D eigenvalue weighted by molar-refractivity contribution is -0.142. The molecule has 0 saturated heterocycles. The molecule has 1 aromatic carbocycles. The number of phenolic OH excluding ortho intramolecular Hbond substituents is 1. The summed E-state index contributed by atoms with van der Waals surface area (Å²) < 4.78 is 0.582. The van der Waals surface area contributed by atoms with Gasteiger partial charge in [-0.15, -0.1) is 11.3 Å². The Morgan fingerprint density at radius 2 is 1.75 bits per heavy atom. The Bertz CT molecular complexity index is 1060. The molecule has 0 unspecified atom stereocenters. The van der Waals surface area contributed by atoms with Gasteiger partial charge in [0.25, 0.3) is 5.91 Å². The predicted molar refractivity (Wildman–Crippen MR) is 144 cm³/mol. The lowest BCUT2D eigenvalue weighted by atomic mass is 10.0. The van der Waals surface area contributed by atoms with E-state index in [1.165, 1.54) is 35.2 Å². The number of aromatic hydroxyl groups is 1. The van der Waals surface area contributed by atoms with Crippen LogP contribution in [0, 0.1) is 5.92 Å². The fraction of sp³-hybridized carbons (Fsp3) is 0.417. The number of carbonyl (C=O) groups is 4. The van der Waals surface area contributed by atoms with Gasteiger partial charge in [0.2, 0.25) is 11.8 Å². The summed E-state index contributed by atoms with van der Waals surface area (Å²) >= 11 is 6.13. The van der Waals surface area contributed by atoms with Crippen LogP contribution in [0.15, 0.2) is 40.2 Å². The van der Waals surface area contributed by atoms with E-state index in [0.717, 1.165) is 4.88 Å². The minimum Gasteiger partial charge on any atom is -0.507 e. The zero-order valence-electron chi connectivity index (χ0n) is 20.1. The molecule has 2 aromatic rings. The maximum atomic E-state index is 13.2. The Morgan fingerprint density at radius 3 is 2.33 bits per heavy atom. The van der Waals surface area contributed by atoms with E-state index in [2.05, 4.69) is 31.9 Å². The maximum absolute atomic E-state index is 13.2. The molecule has 0 saturated carbocycles. The molecule has 5 N–H and O–H groups in total. The molecular weight excluding hydrogens is 570 g/mol. The number of carbonyl (C=O) groups excluding carboxylic acids is 3. The van der Waals surface area contributed by atoms with E-state index in [4.69, 9.17) is 0 Å². The normalized spacial score (nSPS) is 13.5. The third-order valence-electron chi connectivity index (χ3n) is 5.28. The Kier molecular flexibility index (Phi) is 11.7. The largest absolute Gasteiger partial charge is 0.507 e. The maximum Gasteiger partial charge on any atom is 0.326 e. The zero-order valence-corrected chi connectivity index (χ0v) is 23.3. The van der Waals surface area contributed by atoms with Crippen molar-refractivity contribution in [1.29, 1.82) is 0 Å². The first-order chi connectivity index (χ1) is 17.0. The van der Waals surface area contributed by atoms with Gasteiger partial charge in [-0.1, -0.05) is 35.8 Å². The number of carboxylic acids is 1. The average Bonchev–Trinajstić information content (AvgIpc) is 3.33. The molecule has 0 radical (unpaired) electrons. The number of rotatable bonds is 13. The lowest BCUT2D eigenvalue weighted by Crippen LogP contribution is -2.57. The molecule has 36 heavy (non-hydrogen) atoms. The van der Waals surface area contributed by atoms with Crippen LogP contribution in [-0.2, 0) is 20.8 Å². The second-order valence-corrected chi connectivity index (χ2v) is 11.3. The molecule has 9 nitrogen and oxygen atoms in total. The molecule has 3 amide bonds. The van der Waals surface area contributed by atoms with Gasteiger partial charge in [0.15, 0.2) is 0 Å². The zero-order chi connectivity index (χ0) is 26.8. The molecule has 1 heterocycles. The number of halogens is 1. The van der Waals surface area contributed by atoms with Gasteiger partial charge < -0.3 is 26.2 Å². The van der Waals surface area contributed by atoms with E-state index in [0.29, 0.717) is 10.2 Å². The summed E-state index contributed by atoms with van der Waals surface area (Å²) in [6, 6.07) is 4.86. The molecule has 0 bridgehead atoms. The van der Waals surface area contributed by atoms with Gasteiger partial charge >= 0.3 is 5.97 Å². The molecule has 0 aliphatic heterocycles. The highest BCUT2D eigenvalue weighted by Gasteiger charge is 2.31. The average molecular weight is 601 g/mol. The fourth-order valence-electron chi connectivity index (χ4n) is 3.31. The second kappa shape index (κ2) is 14.2. The first kappa shape index (κ1) is 29.7. The molecule has 3 atom stereocenters. The molecule has 0 spiro atoms. The monoisotopic (exact) mass is 599 g/mol. The van der Waals surface area contributed by atoms with Gasteiger partial charge in [-0.3, -0.25) is 14.4 Å². The van der Waals surface area contributed by atoms with Crippen LogP contribution in [0.3, 0.4) is 0 Å². The van der Waals surface area contributed by atoms with Crippen LogP contribution in [0.2, 0.25) is 0 Å². The summed E-state index contributed by atoms with van der Waals surface area (Å²) in [5.41, 5.74) is -0.00574. The minimum absolute atomic E-state index is 0.00574. The van der Waals surface area contributed by atoms with E-state index in [9.17, 15) is 29.4 Å². The van der Waals surface area contributed by atoms with Gasteiger partial charge in [0, 0.05) is 15.8 Å². The van der Waals surface area contributed by atoms with Crippen LogP contribution < -0.4 is 16.0 Å². The lowest BCUT2D eigenvalue weighted by Gasteiger charge is -2.26. The van der Waals surface area contributed by atoms with Crippen LogP contribution in [0.5, 0.6) is 5.75 Å². The standard InChI is InChI=1S/C24H30BrN3O6S2/c1-13(2)20(28-21(30)16-11-14(25)6-7-19(16)29)23(32)27-18(12-15-5-4-9-36-15)22(31)26-17(24(33)34)8-10-35-3/h4-7,9,11,13,17-18,20,29H,8,10,12H2,1-3H3,(H,26,31)(H,27,32)(H,28,30)(H,33,34)/t17-,18-,20-/m0/s1. The Hall–Kier alpha value is -2.57. The highest BCUT2D eigenvalue weighted by molar-refractivity contribution is 9.10. The van der Waals surface area contributed by atoms with E-state index < -0.39 is 41.8 Å². The quantitative estimate of drug-likeness (QED) is 0.238. The summed E-state index contributed by atoms with van der Waals surface area (Å²) in [7, 11) is 0. The van der Waals surface area contributed by atoms with E-state index in [1.807, 2.05) is 23.8 Å². The Labute approximate surface area is 226 Å². The summed E-state index contributed by atoms with van der Waals surface area (Å²) in [5.74, 6) is -3.06. The third kappa shape index (κ3) is 8.82. The van der Waals surface area contributed by atoms with Crippen LogP contribution in [0.25, 0.3) is 0 Å². The first-order valence-corrected chi connectivity index (χ1v) is 14.2. The van der Waals surface area contributed by atoms with Crippen molar-refractivity contribution in [1.82, 2.24) is 16.0 Å². The summed E-state index contributed by atoms with van der Waals surface area (Å²) in [4.78, 5) is 51.6. The Balaban J connectivity index is 2.21. The van der Waals surface area contributed by atoms with Crippen molar-refractivity contribution in [3.63, 3.8) is 0 Å². The number of aliphatic carboxylic acids is 1. The predicted octanol–water partition coefficient (Wildman–Crippen LogP) is 3.02. The number of thiophene rings is 1. The fourth-order valence-corrected chi connectivity index (χ4v) is 4.89. The van der Waals surface area contributed by atoms with E-state index >= 15 is 0 Å². The van der Waals surface area contributed by atoms with Gasteiger partial charge in [-0.05, 0) is 54.0 Å². The number of benzene rings is 1. The van der Waals surface area contributed by atoms with Crippen LogP contribution in [-0.4, -0.2) is 64.0 Å². The molecule has 2 rings (SSSR count). The number of carboxylic acid groups (broad SMARTS) is 1. The number of nitrogens with one attached hydrogen (secondary N) is 3. The summed E-state index contributed by atoms with van der Waals surface area (Å²) in [6.07, 6.45) is 2.24. The molecule has 1 aromatic heterocycles. The molecule has 12 heteroatoms. The SMILES string of the molecule is CSCC[C@H](NC(=O)[C@H](Cc1cccs1)NC(=O)[C@@H](NC(=O)c1cc(Br)ccc1O)C(C)C)C(=O)O. The van der Waals surface area contributed by atoms with Crippen LogP contribution in [0.1, 0.15) is 35.5 Å². The van der Waals surface area contributed by atoms with Crippen molar-refractivity contribution in [3.8, 4) is 5.75 Å². The smallest absolute Gasteiger partial charge is 0.326 e.